The van der Waals surface area contributed by atoms with E-state index in [1.807, 2.05) is 6.08 Å². The lowest BCUT2D eigenvalue weighted by Gasteiger charge is -2.21. The molecule has 6 heteroatoms. The zero-order valence-electron chi connectivity index (χ0n) is 10.1. The third kappa shape index (κ3) is 4.70. The maximum Gasteiger partial charge on any atom is 0.446 e. The fourth-order valence-corrected chi connectivity index (χ4v) is 2.43. The SMILES string of the molecule is FC(F)(F)Sc1ccccc1NCC1CCC=CO1. The van der Waals surface area contributed by atoms with Crippen LogP contribution in [0.2, 0.25) is 0 Å². The summed E-state index contributed by atoms with van der Waals surface area (Å²) < 4.78 is 42.6. The number of alkyl halides is 3. The molecule has 2 nitrogen and oxygen atoms in total. The molecule has 0 aliphatic carbocycles. The van der Waals surface area contributed by atoms with Crippen LogP contribution < -0.4 is 5.32 Å². The molecule has 0 fully saturated rings. The summed E-state index contributed by atoms with van der Waals surface area (Å²) in [6.45, 7) is 0.500. The molecule has 1 heterocycles. The molecular formula is C13H14F3NOS. The van der Waals surface area contributed by atoms with Gasteiger partial charge in [-0.05, 0) is 42.8 Å². The minimum Gasteiger partial charge on any atom is -0.497 e. The van der Waals surface area contributed by atoms with Gasteiger partial charge in [-0.3, -0.25) is 0 Å². The average Bonchev–Trinajstić information content (AvgIpc) is 2.37. The number of hydrogen-bond donors (Lipinski definition) is 1. The van der Waals surface area contributed by atoms with Crippen LogP contribution in [0.3, 0.4) is 0 Å². The van der Waals surface area contributed by atoms with Gasteiger partial charge in [0, 0.05) is 10.6 Å². The monoisotopic (exact) mass is 289 g/mol. The van der Waals surface area contributed by atoms with Crippen LogP contribution in [0.5, 0.6) is 0 Å². The van der Waals surface area contributed by atoms with Gasteiger partial charge >= 0.3 is 5.51 Å². The molecule has 1 N–H and O–H groups in total. The minimum atomic E-state index is -4.28. The van der Waals surface area contributed by atoms with E-state index < -0.39 is 5.51 Å². The summed E-state index contributed by atoms with van der Waals surface area (Å²) in [5.74, 6) is 0. The van der Waals surface area contributed by atoms with Crippen LogP contribution in [0, 0.1) is 0 Å². The van der Waals surface area contributed by atoms with E-state index >= 15 is 0 Å². The third-order valence-corrected chi connectivity index (χ3v) is 3.46. The number of halogens is 3. The van der Waals surface area contributed by atoms with Crippen LogP contribution in [0.15, 0.2) is 41.5 Å². The summed E-state index contributed by atoms with van der Waals surface area (Å²) in [4.78, 5) is 0.182. The molecule has 0 amide bonds. The lowest BCUT2D eigenvalue weighted by Crippen LogP contribution is -2.23. The van der Waals surface area contributed by atoms with E-state index in [1.54, 1.807) is 24.5 Å². The van der Waals surface area contributed by atoms with E-state index in [2.05, 4.69) is 5.32 Å². The number of anilines is 1. The summed E-state index contributed by atoms with van der Waals surface area (Å²) in [6.07, 6.45) is 5.40. The molecule has 0 aromatic heterocycles. The first-order valence-electron chi connectivity index (χ1n) is 5.94. The molecule has 2 rings (SSSR count). The Labute approximate surface area is 114 Å². The first-order valence-corrected chi connectivity index (χ1v) is 6.75. The fourth-order valence-electron chi connectivity index (χ4n) is 1.79. The van der Waals surface area contributed by atoms with E-state index in [-0.39, 0.29) is 22.8 Å². The molecule has 1 aromatic carbocycles. The smallest absolute Gasteiger partial charge is 0.446 e. The number of rotatable bonds is 4. The van der Waals surface area contributed by atoms with Gasteiger partial charge < -0.3 is 10.1 Å². The van der Waals surface area contributed by atoms with Crippen molar-refractivity contribution in [3.8, 4) is 0 Å². The molecule has 0 radical (unpaired) electrons. The number of benzene rings is 1. The van der Waals surface area contributed by atoms with E-state index in [9.17, 15) is 13.2 Å². The first-order chi connectivity index (χ1) is 9.04. The predicted octanol–water partition coefficient (Wildman–Crippen LogP) is 4.40. The Morgan fingerprint density at radius 3 is 2.79 bits per heavy atom. The van der Waals surface area contributed by atoms with Crippen molar-refractivity contribution < 1.29 is 17.9 Å². The van der Waals surface area contributed by atoms with Crippen LogP contribution in [0.1, 0.15) is 12.8 Å². The number of hydrogen-bond acceptors (Lipinski definition) is 3. The van der Waals surface area contributed by atoms with Crippen molar-refractivity contribution in [1.29, 1.82) is 0 Å². The van der Waals surface area contributed by atoms with Gasteiger partial charge in [0.2, 0.25) is 0 Å². The van der Waals surface area contributed by atoms with Gasteiger partial charge in [0.15, 0.2) is 0 Å². The van der Waals surface area contributed by atoms with Crippen LogP contribution in [-0.2, 0) is 4.74 Å². The van der Waals surface area contributed by atoms with Crippen molar-refractivity contribution in [3.05, 3.63) is 36.6 Å². The number of allylic oxidation sites excluding steroid dienone is 1. The Kier molecular flexibility index (Phi) is 4.63. The minimum absolute atomic E-state index is 0.00828. The Bertz CT molecular complexity index is 448. The number of thioether (sulfide) groups is 1. The van der Waals surface area contributed by atoms with Gasteiger partial charge in [-0.25, -0.2) is 0 Å². The standard InChI is InChI=1S/C13H14F3NOS/c14-13(15,16)19-12-7-2-1-6-11(12)17-9-10-5-3-4-8-18-10/h1-2,4,6-8,10,17H,3,5,9H2. The summed E-state index contributed by atoms with van der Waals surface area (Å²) in [5.41, 5.74) is -3.79. The Balaban J connectivity index is 1.97. The van der Waals surface area contributed by atoms with Gasteiger partial charge in [-0.15, -0.1) is 0 Å². The molecule has 1 aliphatic rings. The Hall–Kier alpha value is -1.30. The molecule has 0 saturated heterocycles. The van der Waals surface area contributed by atoms with Crippen LogP contribution >= 0.6 is 11.8 Å². The van der Waals surface area contributed by atoms with Crippen LogP contribution in [-0.4, -0.2) is 18.2 Å². The number of ether oxygens (including phenoxy) is 1. The van der Waals surface area contributed by atoms with Crippen molar-refractivity contribution in [2.45, 2.75) is 29.3 Å². The van der Waals surface area contributed by atoms with Crippen molar-refractivity contribution in [1.82, 2.24) is 0 Å². The lowest BCUT2D eigenvalue weighted by atomic mass is 10.1. The van der Waals surface area contributed by atoms with Gasteiger partial charge in [0.05, 0.1) is 12.8 Å². The van der Waals surface area contributed by atoms with E-state index in [1.165, 1.54) is 6.07 Å². The van der Waals surface area contributed by atoms with Crippen LogP contribution in [0.4, 0.5) is 18.9 Å². The molecule has 0 bridgehead atoms. The Morgan fingerprint density at radius 1 is 1.32 bits per heavy atom. The highest BCUT2D eigenvalue weighted by Crippen LogP contribution is 2.40. The highest BCUT2D eigenvalue weighted by Gasteiger charge is 2.30. The normalized spacial score (nSPS) is 19.0. The van der Waals surface area contributed by atoms with E-state index in [0.29, 0.717) is 12.2 Å². The zero-order valence-corrected chi connectivity index (χ0v) is 10.9. The summed E-state index contributed by atoms with van der Waals surface area (Å²) in [7, 11) is 0. The Morgan fingerprint density at radius 2 is 2.11 bits per heavy atom. The lowest BCUT2D eigenvalue weighted by molar-refractivity contribution is -0.0327. The van der Waals surface area contributed by atoms with Crippen LogP contribution in [0.25, 0.3) is 0 Å². The van der Waals surface area contributed by atoms with Gasteiger partial charge in [0.25, 0.3) is 0 Å². The summed E-state index contributed by atoms with van der Waals surface area (Å²) >= 11 is -0.103. The highest BCUT2D eigenvalue weighted by atomic mass is 32.2. The topological polar surface area (TPSA) is 21.3 Å². The molecule has 1 atom stereocenters. The second-order valence-electron chi connectivity index (χ2n) is 4.13. The average molecular weight is 289 g/mol. The molecule has 104 valence electrons. The largest absolute Gasteiger partial charge is 0.497 e. The maximum atomic E-state index is 12.4. The first kappa shape index (κ1) is 14.1. The molecule has 0 spiro atoms. The quantitative estimate of drug-likeness (QED) is 0.830. The van der Waals surface area contributed by atoms with Gasteiger partial charge in [-0.1, -0.05) is 12.1 Å². The fraction of sp³-hybridized carbons (Fsp3) is 0.385. The van der Waals surface area contributed by atoms with Gasteiger partial charge in [-0.2, -0.15) is 13.2 Å². The van der Waals surface area contributed by atoms with Crippen molar-refractivity contribution >= 4 is 17.4 Å². The molecular weight excluding hydrogens is 275 g/mol. The molecule has 1 aromatic rings. The zero-order chi connectivity index (χ0) is 13.7. The summed E-state index contributed by atoms with van der Waals surface area (Å²) in [5, 5.41) is 3.03. The van der Waals surface area contributed by atoms with Crippen molar-refractivity contribution in [2.75, 3.05) is 11.9 Å². The molecule has 1 unspecified atom stereocenters. The number of para-hydroxylation sites is 1. The molecule has 19 heavy (non-hydrogen) atoms. The second kappa shape index (κ2) is 6.23. The van der Waals surface area contributed by atoms with Crippen molar-refractivity contribution in [3.63, 3.8) is 0 Å². The van der Waals surface area contributed by atoms with Gasteiger partial charge in [0.1, 0.15) is 6.10 Å². The maximum absolute atomic E-state index is 12.4. The third-order valence-electron chi connectivity index (χ3n) is 2.66. The predicted molar refractivity (Wildman–Crippen MR) is 70.1 cm³/mol. The number of nitrogens with one attached hydrogen (secondary N) is 1. The second-order valence-corrected chi connectivity index (χ2v) is 5.24. The van der Waals surface area contributed by atoms with E-state index in [4.69, 9.17) is 4.74 Å². The molecule has 0 saturated carbocycles. The van der Waals surface area contributed by atoms with Crippen molar-refractivity contribution in [2.24, 2.45) is 0 Å². The molecule has 1 aliphatic heterocycles. The summed E-state index contributed by atoms with van der Waals surface area (Å²) in [6, 6.07) is 6.42. The highest BCUT2D eigenvalue weighted by molar-refractivity contribution is 8.00. The van der Waals surface area contributed by atoms with E-state index in [0.717, 1.165) is 12.8 Å².